The SMILES string of the molecule is CC(=O)c1ccc(C#N)c(NCC2CCCC2O)c1. The summed E-state index contributed by atoms with van der Waals surface area (Å²) in [5.74, 6) is 0.209. The lowest BCUT2D eigenvalue weighted by molar-refractivity contribution is 0.101. The maximum absolute atomic E-state index is 11.4. The van der Waals surface area contributed by atoms with Gasteiger partial charge >= 0.3 is 0 Å². The molecule has 0 heterocycles. The standard InChI is InChI=1S/C15H18N2O2/c1-10(18)11-5-6-12(8-16)14(7-11)17-9-13-3-2-4-15(13)19/h5-7,13,15,17,19H,2-4,9H2,1H3. The molecule has 2 rings (SSSR count). The maximum atomic E-state index is 11.4. The normalized spacial score (nSPS) is 21.9. The summed E-state index contributed by atoms with van der Waals surface area (Å²) < 4.78 is 0. The Morgan fingerprint density at radius 2 is 2.32 bits per heavy atom. The molecule has 1 aliphatic rings. The van der Waals surface area contributed by atoms with Gasteiger partial charge < -0.3 is 10.4 Å². The van der Waals surface area contributed by atoms with Gasteiger partial charge in [0.25, 0.3) is 0 Å². The van der Waals surface area contributed by atoms with Crippen molar-refractivity contribution in [2.24, 2.45) is 5.92 Å². The van der Waals surface area contributed by atoms with Crippen molar-refractivity contribution in [3.8, 4) is 6.07 Å². The summed E-state index contributed by atoms with van der Waals surface area (Å²) in [5.41, 5.74) is 1.79. The number of hydrogen-bond acceptors (Lipinski definition) is 4. The van der Waals surface area contributed by atoms with Gasteiger partial charge in [-0.3, -0.25) is 4.79 Å². The van der Waals surface area contributed by atoms with Gasteiger partial charge in [-0.25, -0.2) is 0 Å². The topological polar surface area (TPSA) is 73.1 Å². The molecule has 0 amide bonds. The molecule has 1 aromatic rings. The van der Waals surface area contributed by atoms with Gasteiger partial charge in [-0.2, -0.15) is 5.26 Å². The molecule has 1 aromatic carbocycles. The molecule has 4 nitrogen and oxygen atoms in total. The molecular formula is C15H18N2O2. The quantitative estimate of drug-likeness (QED) is 0.813. The summed E-state index contributed by atoms with van der Waals surface area (Å²) in [6.45, 7) is 2.14. The Hall–Kier alpha value is -1.86. The van der Waals surface area contributed by atoms with Gasteiger partial charge in [0.1, 0.15) is 6.07 Å². The van der Waals surface area contributed by atoms with E-state index in [1.807, 2.05) is 0 Å². The molecule has 19 heavy (non-hydrogen) atoms. The van der Waals surface area contributed by atoms with E-state index in [-0.39, 0.29) is 17.8 Å². The lowest BCUT2D eigenvalue weighted by atomic mass is 10.0. The third kappa shape index (κ3) is 3.12. The minimum absolute atomic E-state index is 0.0200. The molecule has 0 aliphatic heterocycles. The second-order valence-electron chi connectivity index (χ2n) is 5.07. The number of rotatable bonds is 4. The van der Waals surface area contributed by atoms with Crippen LogP contribution in [0.15, 0.2) is 18.2 Å². The van der Waals surface area contributed by atoms with E-state index in [4.69, 9.17) is 5.26 Å². The lowest BCUT2D eigenvalue weighted by Crippen LogP contribution is -2.22. The Morgan fingerprint density at radius 1 is 1.53 bits per heavy atom. The molecule has 100 valence electrons. The van der Waals surface area contributed by atoms with Crippen LogP contribution in [-0.2, 0) is 0 Å². The van der Waals surface area contributed by atoms with Crippen LogP contribution in [-0.4, -0.2) is 23.5 Å². The van der Waals surface area contributed by atoms with Crippen LogP contribution in [0.3, 0.4) is 0 Å². The maximum Gasteiger partial charge on any atom is 0.159 e. The first-order valence-electron chi connectivity index (χ1n) is 6.59. The Kier molecular flexibility index (Phi) is 4.18. The molecular weight excluding hydrogens is 240 g/mol. The predicted octanol–water partition coefficient (Wildman–Crippen LogP) is 2.33. The monoisotopic (exact) mass is 258 g/mol. The smallest absolute Gasteiger partial charge is 0.159 e. The highest BCUT2D eigenvalue weighted by atomic mass is 16.3. The van der Waals surface area contributed by atoms with E-state index < -0.39 is 0 Å². The molecule has 0 aromatic heterocycles. The van der Waals surface area contributed by atoms with Crippen molar-refractivity contribution in [1.29, 1.82) is 5.26 Å². The molecule has 0 radical (unpaired) electrons. The predicted molar refractivity (Wildman–Crippen MR) is 73.0 cm³/mol. The number of carbonyl (C=O) groups is 1. The first kappa shape index (κ1) is 13.6. The summed E-state index contributed by atoms with van der Waals surface area (Å²) in [6, 6.07) is 7.14. The number of aliphatic hydroxyl groups excluding tert-OH is 1. The average molecular weight is 258 g/mol. The zero-order valence-corrected chi connectivity index (χ0v) is 11.0. The third-order valence-corrected chi connectivity index (χ3v) is 3.72. The van der Waals surface area contributed by atoms with Crippen molar-refractivity contribution in [1.82, 2.24) is 0 Å². The molecule has 1 saturated carbocycles. The molecule has 2 N–H and O–H groups in total. The fourth-order valence-electron chi connectivity index (χ4n) is 2.50. The van der Waals surface area contributed by atoms with E-state index >= 15 is 0 Å². The summed E-state index contributed by atoms with van der Waals surface area (Å²) >= 11 is 0. The molecule has 1 aliphatic carbocycles. The van der Waals surface area contributed by atoms with Gasteiger partial charge in [0.2, 0.25) is 0 Å². The molecule has 0 bridgehead atoms. The number of benzene rings is 1. The second-order valence-corrected chi connectivity index (χ2v) is 5.07. The van der Waals surface area contributed by atoms with Crippen molar-refractivity contribution in [3.05, 3.63) is 29.3 Å². The summed E-state index contributed by atoms with van der Waals surface area (Å²) in [6.07, 6.45) is 2.65. The number of aliphatic hydroxyl groups is 1. The fourth-order valence-corrected chi connectivity index (χ4v) is 2.50. The summed E-state index contributed by atoms with van der Waals surface area (Å²) in [5, 5.41) is 22.0. The van der Waals surface area contributed by atoms with Gasteiger partial charge in [0.05, 0.1) is 17.4 Å². The molecule has 1 fully saturated rings. The van der Waals surface area contributed by atoms with Crippen LogP contribution in [0.4, 0.5) is 5.69 Å². The number of ketones is 1. The van der Waals surface area contributed by atoms with Crippen molar-refractivity contribution in [2.45, 2.75) is 32.3 Å². The van der Waals surface area contributed by atoms with Crippen LogP contribution in [0, 0.1) is 17.2 Å². The van der Waals surface area contributed by atoms with Gasteiger partial charge in [-0.05, 0) is 38.0 Å². The van der Waals surface area contributed by atoms with Crippen molar-refractivity contribution < 1.29 is 9.90 Å². The van der Waals surface area contributed by atoms with Gasteiger partial charge in [-0.15, -0.1) is 0 Å². The van der Waals surface area contributed by atoms with Crippen LogP contribution >= 0.6 is 0 Å². The second kappa shape index (κ2) is 5.85. The Morgan fingerprint density at radius 3 is 2.89 bits per heavy atom. The largest absolute Gasteiger partial charge is 0.393 e. The number of anilines is 1. The van der Waals surface area contributed by atoms with Crippen LogP contribution < -0.4 is 5.32 Å². The van der Waals surface area contributed by atoms with Gasteiger partial charge in [-0.1, -0.05) is 6.42 Å². The van der Waals surface area contributed by atoms with Crippen molar-refractivity contribution in [3.63, 3.8) is 0 Å². The molecule has 2 unspecified atom stereocenters. The van der Waals surface area contributed by atoms with E-state index in [0.717, 1.165) is 19.3 Å². The van der Waals surface area contributed by atoms with Gasteiger partial charge in [0, 0.05) is 18.0 Å². The highest BCUT2D eigenvalue weighted by Gasteiger charge is 2.24. The highest BCUT2D eigenvalue weighted by Crippen LogP contribution is 2.26. The van der Waals surface area contributed by atoms with Crippen molar-refractivity contribution in [2.75, 3.05) is 11.9 Å². The Balaban J connectivity index is 2.11. The minimum atomic E-state index is -0.256. The molecule has 0 spiro atoms. The number of nitrogens with one attached hydrogen (secondary N) is 1. The summed E-state index contributed by atoms with van der Waals surface area (Å²) in [7, 11) is 0. The number of hydrogen-bond donors (Lipinski definition) is 2. The lowest BCUT2D eigenvalue weighted by Gasteiger charge is -2.17. The fraction of sp³-hybridized carbons (Fsp3) is 0.467. The van der Waals surface area contributed by atoms with E-state index in [9.17, 15) is 9.90 Å². The van der Waals surface area contributed by atoms with Crippen LogP contribution in [0.2, 0.25) is 0 Å². The zero-order valence-electron chi connectivity index (χ0n) is 11.0. The summed E-state index contributed by atoms with van der Waals surface area (Å²) in [4.78, 5) is 11.4. The van der Waals surface area contributed by atoms with Gasteiger partial charge in [0.15, 0.2) is 5.78 Å². The van der Waals surface area contributed by atoms with Crippen molar-refractivity contribution >= 4 is 11.5 Å². The number of carbonyl (C=O) groups excluding carboxylic acids is 1. The van der Waals surface area contributed by atoms with Crippen LogP contribution in [0.5, 0.6) is 0 Å². The first-order valence-corrected chi connectivity index (χ1v) is 6.59. The Bertz CT molecular complexity index is 519. The van der Waals surface area contributed by atoms with E-state index in [1.165, 1.54) is 6.92 Å². The van der Waals surface area contributed by atoms with Crippen LogP contribution in [0.1, 0.15) is 42.1 Å². The van der Waals surface area contributed by atoms with E-state index in [2.05, 4.69) is 11.4 Å². The first-order chi connectivity index (χ1) is 9.11. The molecule has 0 saturated heterocycles. The number of nitrogens with zero attached hydrogens (tertiary/aromatic N) is 1. The zero-order chi connectivity index (χ0) is 13.8. The Labute approximate surface area is 113 Å². The minimum Gasteiger partial charge on any atom is -0.393 e. The van der Waals surface area contributed by atoms with Crippen LogP contribution in [0.25, 0.3) is 0 Å². The van der Waals surface area contributed by atoms with E-state index in [1.54, 1.807) is 18.2 Å². The third-order valence-electron chi connectivity index (χ3n) is 3.72. The highest BCUT2D eigenvalue weighted by molar-refractivity contribution is 5.95. The molecule has 2 atom stereocenters. The number of Topliss-reactive ketones (excluding diaryl/α,β-unsaturated/α-hetero) is 1. The molecule has 4 heteroatoms. The average Bonchev–Trinajstić information content (AvgIpc) is 2.81. The number of nitriles is 1. The van der Waals surface area contributed by atoms with E-state index in [0.29, 0.717) is 23.4 Å².